The van der Waals surface area contributed by atoms with Crippen molar-refractivity contribution in [3.63, 3.8) is 0 Å². The molecule has 5 nitrogen and oxygen atoms in total. The Morgan fingerprint density at radius 2 is 1.81 bits per heavy atom. The predicted octanol–water partition coefficient (Wildman–Crippen LogP) is 3.34. The third kappa shape index (κ3) is 3.44. The summed E-state index contributed by atoms with van der Waals surface area (Å²) in [5, 5.41) is 0.722. The van der Waals surface area contributed by atoms with Crippen molar-refractivity contribution in [2.24, 2.45) is 0 Å². The quantitative estimate of drug-likeness (QED) is 0.545. The molecular weight excluding hydrogens is 335 g/mol. The van der Waals surface area contributed by atoms with E-state index >= 15 is 0 Å². The van der Waals surface area contributed by atoms with Crippen molar-refractivity contribution in [2.75, 3.05) is 20.2 Å². The molecule has 3 aromatic rings. The highest BCUT2D eigenvalue weighted by Gasteiger charge is 2.25. The first-order valence-corrected chi connectivity index (χ1v) is 8.23. The number of Topliss-reactive ketones (excluding diaryl/α,β-unsaturated/α-hetero) is 1. The summed E-state index contributed by atoms with van der Waals surface area (Å²) < 4.78 is 18.9. The van der Waals surface area contributed by atoms with Crippen LogP contribution in [-0.2, 0) is 4.79 Å². The molecule has 2 aromatic carbocycles. The van der Waals surface area contributed by atoms with Gasteiger partial charge in [-0.05, 0) is 25.1 Å². The number of halogens is 1. The smallest absolute Gasteiger partial charge is 0.294 e. The first-order valence-electron chi connectivity index (χ1n) is 8.23. The molecule has 1 N–H and O–H groups in total. The zero-order chi connectivity index (χ0) is 18.7. The molecule has 0 unspecified atom stereocenters. The number of hydrogen-bond donors (Lipinski definition) is 1. The van der Waals surface area contributed by atoms with Gasteiger partial charge in [0, 0.05) is 23.6 Å². The van der Waals surface area contributed by atoms with Crippen LogP contribution in [0.25, 0.3) is 10.9 Å². The van der Waals surface area contributed by atoms with Crippen LogP contribution in [0.1, 0.15) is 16.1 Å². The summed E-state index contributed by atoms with van der Waals surface area (Å²) in [6, 6.07) is 13.4. The Hall–Kier alpha value is -3.15. The number of nitrogens with one attached hydrogen (secondary N) is 1. The Bertz CT molecular complexity index is 965. The zero-order valence-electron chi connectivity index (χ0n) is 14.6. The third-order valence-corrected chi connectivity index (χ3v) is 4.18. The Labute approximate surface area is 150 Å². The fourth-order valence-electron chi connectivity index (χ4n) is 2.81. The summed E-state index contributed by atoms with van der Waals surface area (Å²) >= 11 is 0. The van der Waals surface area contributed by atoms with Gasteiger partial charge in [0.05, 0.1) is 12.1 Å². The topological polar surface area (TPSA) is 62.4 Å². The van der Waals surface area contributed by atoms with Crippen molar-refractivity contribution in [2.45, 2.75) is 6.92 Å². The van der Waals surface area contributed by atoms with Crippen molar-refractivity contribution in [3.8, 4) is 5.75 Å². The van der Waals surface area contributed by atoms with E-state index in [0.717, 1.165) is 10.9 Å². The van der Waals surface area contributed by atoms with E-state index in [1.54, 1.807) is 25.1 Å². The number of nitrogens with zero attached hydrogens (tertiary/aromatic N) is 1. The lowest BCUT2D eigenvalue weighted by Gasteiger charge is -2.17. The number of H-pyrrole nitrogens is 1. The highest BCUT2D eigenvalue weighted by Crippen LogP contribution is 2.22. The lowest BCUT2D eigenvalue weighted by atomic mass is 10.1. The fraction of sp³-hybridized carbons (Fsp3) is 0.200. The molecular formula is C20H19FN2O3. The molecule has 0 saturated carbocycles. The van der Waals surface area contributed by atoms with Gasteiger partial charge in [-0.3, -0.25) is 9.59 Å². The number of aryl methyl sites for hydroxylation is 1. The SMILES string of the molecule is Cc1[nH]c2ccccc2c1C(=O)C(=O)N(C)CCOc1ccccc1F. The zero-order valence-corrected chi connectivity index (χ0v) is 14.6. The highest BCUT2D eigenvalue weighted by molar-refractivity contribution is 6.45. The molecule has 0 radical (unpaired) electrons. The van der Waals surface area contributed by atoms with E-state index in [1.807, 2.05) is 18.2 Å². The largest absolute Gasteiger partial charge is 0.489 e. The summed E-state index contributed by atoms with van der Waals surface area (Å²) in [6.07, 6.45) is 0. The summed E-state index contributed by atoms with van der Waals surface area (Å²) in [6.45, 7) is 2.02. The van der Waals surface area contributed by atoms with Crippen LogP contribution in [0.3, 0.4) is 0 Å². The van der Waals surface area contributed by atoms with Gasteiger partial charge >= 0.3 is 0 Å². The molecule has 0 saturated heterocycles. The van der Waals surface area contributed by atoms with E-state index in [2.05, 4.69) is 4.98 Å². The van der Waals surface area contributed by atoms with Gasteiger partial charge in [-0.2, -0.15) is 0 Å². The number of benzene rings is 2. The number of para-hydroxylation sites is 2. The number of aromatic nitrogens is 1. The standard InChI is InChI=1S/C20H19FN2O3/c1-13-18(14-7-3-5-9-16(14)22-13)19(24)20(25)23(2)11-12-26-17-10-6-4-8-15(17)21/h3-10,22H,11-12H2,1-2H3. The number of likely N-dealkylation sites (N-methyl/N-ethyl adjacent to an activating group) is 1. The number of carbonyl (C=O) groups excluding carboxylic acids is 2. The molecule has 0 bridgehead atoms. The number of hydrogen-bond acceptors (Lipinski definition) is 3. The monoisotopic (exact) mass is 354 g/mol. The second-order valence-corrected chi connectivity index (χ2v) is 6.01. The van der Waals surface area contributed by atoms with Crippen LogP contribution < -0.4 is 4.74 Å². The van der Waals surface area contributed by atoms with Crippen LogP contribution >= 0.6 is 0 Å². The minimum absolute atomic E-state index is 0.0866. The maximum Gasteiger partial charge on any atom is 0.294 e. The Balaban J connectivity index is 1.67. The molecule has 0 fully saturated rings. The van der Waals surface area contributed by atoms with Crippen LogP contribution in [0.5, 0.6) is 5.75 Å². The molecule has 0 spiro atoms. The van der Waals surface area contributed by atoms with Crippen LogP contribution in [-0.4, -0.2) is 41.8 Å². The van der Waals surface area contributed by atoms with Crippen LogP contribution in [0, 0.1) is 12.7 Å². The van der Waals surface area contributed by atoms with E-state index in [0.29, 0.717) is 11.3 Å². The second-order valence-electron chi connectivity index (χ2n) is 6.01. The normalized spacial score (nSPS) is 10.7. The number of aromatic amines is 1. The number of fused-ring (bicyclic) bond motifs is 1. The van der Waals surface area contributed by atoms with Gasteiger partial charge in [0.15, 0.2) is 11.6 Å². The van der Waals surface area contributed by atoms with E-state index in [4.69, 9.17) is 4.74 Å². The molecule has 1 amide bonds. The molecule has 0 aliphatic heterocycles. The predicted molar refractivity (Wildman–Crippen MR) is 96.9 cm³/mol. The first-order chi connectivity index (χ1) is 12.5. The van der Waals surface area contributed by atoms with Gasteiger partial charge in [-0.15, -0.1) is 0 Å². The lowest BCUT2D eigenvalue weighted by Crippen LogP contribution is -2.36. The summed E-state index contributed by atoms with van der Waals surface area (Å²) in [5.74, 6) is -1.55. The van der Waals surface area contributed by atoms with Gasteiger partial charge in [-0.25, -0.2) is 4.39 Å². The minimum Gasteiger partial charge on any atom is -0.489 e. The van der Waals surface area contributed by atoms with E-state index < -0.39 is 17.5 Å². The average molecular weight is 354 g/mol. The van der Waals surface area contributed by atoms with E-state index in [9.17, 15) is 14.0 Å². The third-order valence-electron chi connectivity index (χ3n) is 4.18. The fourth-order valence-corrected chi connectivity index (χ4v) is 2.81. The van der Waals surface area contributed by atoms with Crippen LogP contribution in [0.2, 0.25) is 0 Å². The van der Waals surface area contributed by atoms with Gasteiger partial charge in [0.25, 0.3) is 11.7 Å². The average Bonchev–Trinajstić information content (AvgIpc) is 2.97. The van der Waals surface area contributed by atoms with Gasteiger partial charge < -0.3 is 14.6 Å². The second kappa shape index (κ2) is 7.39. The number of ketones is 1. The maximum absolute atomic E-state index is 13.5. The molecule has 0 atom stereocenters. The molecule has 1 heterocycles. The van der Waals surface area contributed by atoms with Gasteiger partial charge in [-0.1, -0.05) is 30.3 Å². The summed E-state index contributed by atoms with van der Waals surface area (Å²) in [4.78, 5) is 29.5. The Morgan fingerprint density at radius 1 is 1.12 bits per heavy atom. The first kappa shape index (κ1) is 17.7. The number of ether oxygens (including phenoxy) is 1. The van der Waals surface area contributed by atoms with Crippen molar-refractivity contribution in [3.05, 3.63) is 65.6 Å². The number of rotatable bonds is 6. The van der Waals surface area contributed by atoms with E-state index in [1.165, 1.54) is 24.1 Å². The Kier molecular flexibility index (Phi) is 5.02. The van der Waals surface area contributed by atoms with Crippen molar-refractivity contribution in [1.29, 1.82) is 0 Å². The minimum atomic E-state index is -0.630. The summed E-state index contributed by atoms with van der Waals surface area (Å²) in [5.41, 5.74) is 1.85. The van der Waals surface area contributed by atoms with Crippen LogP contribution in [0.4, 0.5) is 4.39 Å². The highest BCUT2D eigenvalue weighted by atomic mass is 19.1. The van der Waals surface area contributed by atoms with Crippen molar-refractivity contribution >= 4 is 22.6 Å². The maximum atomic E-state index is 13.5. The molecule has 26 heavy (non-hydrogen) atoms. The van der Waals surface area contributed by atoms with Gasteiger partial charge in [0.2, 0.25) is 0 Å². The van der Waals surface area contributed by atoms with Crippen molar-refractivity contribution < 1.29 is 18.7 Å². The molecule has 6 heteroatoms. The molecule has 0 aliphatic rings. The number of carbonyl (C=O) groups is 2. The lowest BCUT2D eigenvalue weighted by molar-refractivity contribution is -0.125. The van der Waals surface area contributed by atoms with Gasteiger partial charge in [0.1, 0.15) is 6.61 Å². The van der Waals surface area contributed by atoms with E-state index in [-0.39, 0.29) is 18.9 Å². The summed E-state index contributed by atoms with van der Waals surface area (Å²) in [7, 11) is 1.52. The molecule has 1 aromatic heterocycles. The molecule has 3 rings (SSSR count). The van der Waals surface area contributed by atoms with Crippen molar-refractivity contribution in [1.82, 2.24) is 9.88 Å². The molecule has 0 aliphatic carbocycles. The molecule has 134 valence electrons. The van der Waals surface area contributed by atoms with Crippen LogP contribution in [0.15, 0.2) is 48.5 Å². The Morgan fingerprint density at radius 3 is 2.58 bits per heavy atom. The number of amides is 1.